The third-order valence-corrected chi connectivity index (χ3v) is 2.83. The summed E-state index contributed by atoms with van der Waals surface area (Å²) >= 11 is 0. The van der Waals surface area contributed by atoms with Crippen molar-refractivity contribution in [3.05, 3.63) is 30.1 Å². The van der Waals surface area contributed by atoms with Crippen molar-refractivity contribution in [2.75, 3.05) is 32.9 Å². The van der Waals surface area contributed by atoms with Crippen molar-refractivity contribution in [3.63, 3.8) is 0 Å². The van der Waals surface area contributed by atoms with Crippen LogP contribution in [0.3, 0.4) is 0 Å². The van der Waals surface area contributed by atoms with E-state index in [1.807, 2.05) is 12.1 Å². The van der Waals surface area contributed by atoms with Gasteiger partial charge in [0.1, 0.15) is 6.67 Å². The molecular weight excluding hydrogens is 193 g/mol. The van der Waals surface area contributed by atoms with Gasteiger partial charge in [-0.25, -0.2) is 4.39 Å². The number of rotatable bonds is 3. The van der Waals surface area contributed by atoms with Crippen molar-refractivity contribution in [2.45, 2.75) is 6.04 Å². The fraction of sp³-hybridized carbons (Fsp3) is 0.545. The van der Waals surface area contributed by atoms with E-state index in [0.717, 1.165) is 31.7 Å². The SMILES string of the molecule is FC[C@@H](c1ccncc1)N1CCNCC1. The van der Waals surface area contributed by atoms with E-state index in [4.69, 9.17) is 0 Å². The molecule has 0 bridgehead atoms. The van der Waals surface area contributed by atoms with Gasteiger partial charge >= 0.3 is 0 Å². The van der Waals surface area contributed by atoms with Gasteiger partial charge in [-0.2, -0.15) is 0 Å². The molecule has 1 N–H and O–H groups in total. The Morgan fingerprint density at radius 1 is 1.33 bits per heavy atom. The molecule has 1 aliphatic heterocycles. The van der Waals surface area contributed by atoms with Crippen molar-refractivity contribution in [1.29, 1.82) is 0 Å². The second-order valence-corrected chi connectivity index (χ2v) is 3.74. The summed E-state index contributed by atoms with van der Waals surface area (Å²) in [5, 5.41) is 3.27. The summed E-state index contributed by atoms with van der Waals surface area (Å²) in [5.41, 5.74) is 1.02. The van der Waals surface area contributed by atoms with Crippen molar-refractivity contribution >= 4 is 0 Å². The number of piperazine rings is 1. The molecule has 1 aliphatic rings. The smallest absolute Gasteiger partial charge is 0.109 e. The summed E-state index contributed by atoms with van der Waals surface area (Å²) in [5.74, 6) is 0. The highest BCUT2D eigenvalue weighted by Gasteiger charge is 2.21. The molecule has 0 spiro atoms. The monoisotopic (exact) mass is 209 g/mol. The second kappa shape index (κ2) is 5.19. The summed E-state index contributed by atoms with van der Waals surface area (Å²) in [6.07, 6.45) is 3.44. The summed E-state index contributed by atoms with van der Waals surface area (Å²) < 4.78 is 13.0. The summed E-state index contributed by atoms with van der Waals surface area (Å²) in [6, 6.07) is 3.69. The van der Waals surface area contributed by atoms with E-state index in [0.29, 0.717) is 0 Å². The van der Waals surface area contributed by atoms with Gasteiger partial charge in [0.2, 0.25) is 0 Å². The summed E-state index contributed by atoms with van der Waals surface area (Å²) in [4.78, 5) is 6.14. The molecule has 2 rings (SSSR count). The number of alkyl halides is 1. The number of nitrogens with one attached hydrogen (secondary N) is 1. The molecule has 1 aromatic rings. The van der Waals surface area contributed by atoms with E-state index in [-0.39, 0.29) is 12.7 Å². The lowest BCUT2D eigenvalue weighted by Gasteiger charge is -2.33. The molecule has 2 heterocycles. The van der Waals surface area contributed by atoms with E-state index in [1.165, 1.54) is 0 Å². The Bertz CT molecular complexity index is 285. The van der Waals surface area contributed by atoms with Gasteiger partial charge in [0.25, 0.3) is 0 Å². The number of hydrogen-bond donors (Lipinski definition) is 1. The molecule has 3 nitrogen and oxygen atoms in total. The zero-order chi connectivity index (χ0) is 10.5. The Kier molecular flexibility index (Phi) is 3.64. The van der Waals surface area contributed by atoms with Gasteiger partial charge in [-0.05, 0) is 17.7 Å². The molecule has 4 heteroatoms. The minimum atomic E-state index is -0.329. The Morgan fingerprint density at radius 3 is 2.60 bits per heavy atom. The number of halogens is 1. The van der Waals surface area contributed by atoms with Crippen LogP contribution >= 0.6 is 0 Å². The second-order valence-electron chi connectivity index (χ2n) is 3.74. The molecule has 0 aromatic carbocycles. The Labute approximate surface area is 89.3 Å². The Morgan fingerprint density at radius 2 is 2.00 bits per heavy atom. The molecule has 0 amide bonds. The average Bonchev–Trinajstić information content (AvgIpc) is 2.33. The first-order valence-corrected chi connectivity index (χ1v) is 5.32. The van der Waals surface area contributed by atoms with Gasteiger partial charge in [-0.3, -0.25) is 9.88 Å². The molecule has 0 unspecified atom stereocenters. The van der Waals surface area contributed by atoms with Gasteiger partial charge in [-0.15, -0.1) is 0 Å². The maximum Gasteiger partial charge on any atom is 0.109 e. The van der Waals surface area contributed by atoms with Crippen LogP contribution in [0.25, 0.3) is 0 Å². The zero-order valence-electron chi connectivity index (χ0n) is 8.69. The van der Waals surface area contributed by atoms with Gasteiger partial charge < -0.3 is 5.32 Å². The maximum absolute atomic E-state index is 13.0. The fourth-order valence-electron chi connectivity index (χ4n) is 1.98. The van der Waals surface area contributed by atoms with Crippen LogP contribution in [0.2, 0.25) is 0 Å². The number of pyridine rings is 1. The zero-order valence-corrected chi connectivity index (χ0v) is 8.69. The molecule has 15 heavy (non-hydrogen) atoms. The highest BCUT2D eigenvalue weighted by Crippen LogP contribution is 2.20. The quantitative estimate of drug-likeness (QED) is 0.805. The van der Waals surface area contributed by atoms with Gasteiger partial charge in [-0.1, -0.05) is 0 Å². The molecule has 1 atom stereocenters. The lowest BCUT2D eigenvalue weighted by Crippen LogP contribution is -2.45. The van der Waals surface area contributed by atoms with Crippen LogP contribution in [0.15, 0.2) is 24.5 Å². The predicted octanol–water partition coefficient (Wildman–Crippen LogP) is 0.997. The number of hydrogen-bond acceptors (Lipinski definition) is 3. The van der Waals surface area contributed by atoms with Crippen LogP contribution in [0.5, 0.6) is 0 Å². The maximum atomic E-state index is 13.0. The van der Waals surface area contributed by atoms with Crippen molar-refractivity contribution in [2.24, 2.45) is 0 Å². The first kappa shape index (κ1) is 10.5. The van der Waals surface area contributed by atoms with E-state index in [9.17, 15) is 4.39 Å². The molecule has 1 fully saturated rings. The molecule has 1 saturated heterocycles. The lowest BCUT2D eigenvalue weighted by atomic mass is 10.1. The van der Waals surface area contributed by atoms with Gasteiger partial charge in [0.15, 0.2) is 0 Å². The van der Waals surface area contributed by atoms with Crippen LogP contribution in [0.1, 0.15) is 11.6 Å². The summed E-state index contributed by atoms with van der Waals surface area (Å²) in [7, 11) is 0. The molecule has 0 saturated carbocycles. The largest absolute Gasteiger partial charge is 0.314 e. The minimum absolute atomic E-state index is 0.102. The molecule has 1 aromatic heterocycles. The van der Waals surface area contributed by atoms with Gasteiger partial charge in [0, 0.05) is 38.6 Å². The standard InChI is InChI=1S/C11H16FN3/c12-9-11(10-1-3-13-4-2-10)15-7-5-14-6-8-15/h1-4,11,14H,5-9H2/t11-/m0/s1. The normalized spacial score (nSPS) is 20.1. The summed E-state index contributed by atoms with van der Waals surface area (Å²) in [6.45, 7) is 3.39. The van der Waals surface area contributed by atoms with Crippen molar-refractivity contribution < 1.29 is 4.39 Å². The molecule has 0 aliphatic carbocycles. The van der Waals surface area contributed by atoms with Crippen LogP contribution < -0.4 is 5.32 Å². The highest BCUT2D eigenvalue weighted by molar-refractivity contribution is 5.15. The van der Waals surface area contributed by atoms with E-state index >= 15 is 0 Å². The van der Waals surface area contributed by atoms with E-state index in [2.05, 4.69) is 15.2 Å². The molecule has 82 valence electrons. The predicted molar refractivity (Wildman–Crippen MR) is 57.4 cm³/mol. The van der Waals surface area contributed by atoms with Crippen LogP contribution in [0.4, 0.5) is 4.39 Å². The number of aromatic nitrogens is 1. The van der Waals surface area contributed by atoms with Crippen LogP contribution in [0, 0.1) is 0 Å². The number of nitrogens with zero attached hydrogens (tertiary/aromatic N) is 2. The van der Waals surface area contributed by atoms with Crippen LogP contribution in [-0.4, -0.2) is 42.7 Å². The van der Waals surface area contributed by atoms with E-state index < -0.39 is 0 Å². The van der Waals surface area contributed by atoms with Gasteiger partial charge in [0.05, 0.1) is 6.04 Å². The lowest BCUT2D eigenvalue weighted by molar-refractivity contribution is 0.147. The topological polar surface area (TPSA) is 28.2 Å². The fourth-order valence-corrected chi connectivity index (χ4v) is 1.98. The highest BCUT2D eigenvalue weighted by atomic mass is 19.1. The molecular formula is C11H16FN3. The minimum Gasteiger partial charge on any atom is -0.314 e. The third kappa shape index (κ3) is 2.52. The van der Waals surface area contributed by atoms with Crippen LogP contribution in [-0.2, 0) is 0 Å². The Hall–Kier alpha value is -1.00. The first-order valence-electron chi connectivity index (χ1n) is 5.32. The van der Waals surface area contributed by atoms with Crippen molar-refractivity contribution in [1.82, 2.24) is 15.2 Å². The van der Waals surface area contributed by atoms with E-state index in [1.54, 1.807) is 12.4 Å². The first-order chi connectivity index (χ1) is 7.42. The van der Waals surface area contributed by atoms with Crippen molar-refractivity contribution in [3.8, 4) is 0 Å². The third-order valence-electron chi connectivity index (χ3n) is 2.83. The Balaban J connectivity index is 2.09. The average molecular weight is 209 g/mol. The molecule has 0 radical (unpaired) electrons.